The molecule has 0 radical (unpaired) electrons. The van der Waals surface area contributed by atoms with Crippen LogP contribution in [0.2, 0.25) is 0 Å². The molecular weight excluding hydrogens is 294 g/mol. The molecule has 1 saturated heterocycles. The summed E-state index contributed by atoms with van der Waals surface area (Å²) >= 11 is 1.66. The highest BCUT2D eigenvalue weighted by Gasteiger charge is 2.31. The molecule has 5 nitrogen and oxygen atoms in total. The van der Waals surface area contributed by atoms with Crippen molar-refractivity contribution >= 4 is 21.5 Å². The van der Waals surface area contributed by atoms with Gasteiger partial charge in [0.1, 0.15) is 0 Å². The molecule has 1 fully saturated rings. The fourth-order valence-electron chi connectivity index (χ4n) is 2.57. The van der Waals surface area contributed by atoms with Gasteiger partial charge in [-0.1, -0.05) is 12.5 Å². The fourth-order valence-corrected chi connectivity index (χ4v) is 4.75. The SMILES string of the molecule is CNCC1CCCCN1S(=O)(=O)NCCc1cccs1. The van der Waals surface area contributed by atoms with E-state index in [1.54, 1.807) is 15.6 Å². The lowest BCUT2D eigenvalue weighted by atomic mass is 10.1. The van der Waals surface area contributed by atoms with Crippen LogP contribution in [0.3, 0.4) is 0 Å². The Morgan fingerprint density at radius 1 is 1.45 bits per heavy atom. The highest BCUT2D eigenvalue weighted by molar-refractivity contribution is 7.87. The van der Waals surface area contributed by atoms with E-state index < -0.39 is 10.2 Å². The molecule has 1 atom stereocenters. The molecule has 114 valence electrons. The number of piperidine rings is 1. The van der Waals surface area contributed by atoms with E-state index in [1.807, 2.05) is 24.6 Å². The zero-order valence-corrected chi connectivity index (χ0v) is 13.5. The maximum Gasteiger partial charge on any atom is 0.279 e. The quantitative estimate of drug-likeness (QED) is 0.794. The Morgan fingerprint density at radius 2 is 2.30 bits per heavy atom. The number of rotatable bonds is 7. The summed E-state index contributed by atoms with van der Waals surface area (Å²) in [6, 6.07) is 4.10. The molecule has 0 amide bonds. The molecule has 20 heavy (non-hydrogen) atoms. The first-order chi connectivity index (χ1) is 9.63. The van der Waals surface area contributed by atoms with Crippen molar-refractivity contribution in [3.8, 4) is 0 Å². The van der Waals surface area contributed by atoms with E-state index >= 15 is 0 Å². The highest BCUT2D eigenvalue weighted by Crippen LogP contribution is 2.19. The molecule has 0 aromatic carbocycles. The van der Waals surface area contributed by atoms with Gasteiger partial charge in [-0.25, -0.2) is 4.72 Å². The number of nitrogens with zero attached hydrogens (tertiary/aromatic N) is 1. The minimum Gasteiger partial charge on any atom is -0.318 e. The van der Waals surface area contributed by atoms with E-state index in [0.29, 0.717) is 19.6 Å². The summed E-state index contributed by atoms with van der Waals surface area (Å²) in [5.74, 6) is 0. The summed E-state index contributed by atoms with van der Waals surface area (Å²) in [4.78, 5) is 1.21. The van der Waals surface area contributed by atoms with Crippen LogP contribution in [0.5, 0.6) is 0 Å². The molecule has 2 rings (SSSR count). The fraction of sp³-hybridized carbons (Fsp3) is 0.692. The number of hydrogen-bond acceptors (Lipinski definition) is 4. The largest absolute Gasteiger partial charge is 0.318 e. The van der Waals surface area contributed by atoms with Crippen LogP contribution < -0.4 is 10.0 Å². The summed E-state index contributed by atoms with van der Waals surface area (Å²) in [5.41, 5.74) is 0. The molecule has 0 spiro atoms. The molecule has 1 aromatic rings. The van der Waals surface area contributed by atoms with Crippen molar-refractivity contribution in [2.24, 2.45) is 0 Å². The smallest absolute Gasteiger partial charge is 0.279 e. The average Bonchev–Trinajstić information content (AvgIpc) is 2.92. The van der Waals surface area contributed by atoms with Crippen LogP contribution in [-0.4, -0.2) is 45.4 Å². The van der Waals surface area contributed by atoms with Gasteiger partial charge in [0.05, 0.1) is 0 Å². The molecule has 1 aliphatic rings. The Kier molecular flexibility index (Phi) is 5.98. The molecule has 2 N–H and O–H groups in total. The second-order valence-electron chi connectivity index (χ2n) is 5.05. The van der Waals surface area contributed by atoms with E-state index in [-0.39, 0.29) is 6.04 Å². The molecular formula is C13H23N3O2S2. The van der Waals surface area contributed by atoms with Crippen molar-refractivity contribution < 1.29 is 8.42 Å². The number of nitrogens with one attached hydrogen (secondary N) is 2. The van der Waals surface area contributed by atoms with E-state index in [4.69, 9.17) is 0 Å². The maximum absolute atomic E-state index is 12.4. The molecule has 0 saturated carbocycles. The molecule has 1 aromatic heterocycles. The predicted molar refractivity (Wildman–Crippen MR) is 83.2 cm³/mol. The minimum absolute atomic E-state index is 0.0768. The molecule has 1 unspecified atom stereocenters. The van der Waals surface area contributed by atoms with Gasteiger partial charge in [-0.2, -0.15) is 12.7 Å². The monoisotopic (exact) mass is 317 g/mol. The molecule has 1 aliphatic heterocycles. The summed E-state index contributed by atoms with van der Waals surface area (Å²) in [7, 11) is -1.50. The third-order valence-electron chi connectivity index (χ3n) is 3.56. The first-order valence-electron chi connectivity index (χ1n) is 7.07. The van der Waals surface area contributed by atoms with Gasteiger partial charge in [-0.3, -0.25) is 0 Å². The van der Waals surface area contributed by atoms with Crippen LogP contribution in [0.25, 0.3) is 0 Å². The predicted octanol–water partition coefficient (Wildman–Crippen LogP) is 1.20. The summed E-state index contributed by atoms with van der Waals surface area (Å²) < 4.78 is 29.1. The van der Waals surface area contributed by atoms with E-state index in [0.717, 1.165) is 25.7 Å². The molecule has 2 heterocycles. The maximum atomic E-state index is 12.4. The molecule has 0 aliphatic carbocycles. The van der Waals surface area contributed by atoms with Crippen molar-refractivity contribution in [1.29, 1.82) is 0 Å². The van der Waals surface area contributed by atoms with E-state index in [2.05, 4.69) is 10.0 Å². The zero-order valence-electron chi connectivity index (χ0n) is 11.8. The second kappa shape index (κ2) is 7.51. The summed E-state index contributed by atoms with van der Waals surface area (Å²) in [5, 5.41) is 5.10. The lowest BCUT2D eigenvalue weighted by Crippen LogP contribution is -2.52. The van der Waals surface area contributed by atoms with Gasteiger partial charge >= 0.3 is 0 Å². The van der Waals surface area contributed by atoms with Crippen molar-refractivity contribution in [1.82, 2.24) is 14.3 Å². The Labute approximate surface area is 125 Å². The van der Waals surface area contributed by atoms with Gasteiger partial charge in [0.15, 0.2) is 0 Å². The van der Waals surface area contributed by atoms with Crippen molar-refractivity contribution in [2.75, 3.05) is 26.7 Å². The van der Waals surface area contributed by atoms with Crippen LogP contribution >= 0.6 is 11.3 Å². The van der Waals surface area contributed by atoms with Crippen LogP contribution in [0.4, 0.5) is 0 Å². The first kappa shape index (κ1) is 15.9. The number of hydrogen-bond donors (Lipinski definition) is 2. The highest BCUT2D eigenvalue weighted by atomic mass is 32.2. The molecule has 7 heteroatoms. The van der Waals surface area contributed by atoms with Gasteiger partial charge < -0.3 is 5.32 Å². The van der Waals surface area contributed by atoms with Crippen LogP contribution in [0, 0.1) is 0 Å². The van der Waals surface area contributed by atoms with E-state index in [9.17, 15) is 8.42 Å². The second-order valence-corrected chi connectivity index (χ2v) is 7.79. The van der Waals surface area contributed by atoms with Gasteiger partial charge in [0.25, 0.3) is 10.2 Å². The van der Waals surface area contributed by atoms with Gasteiger partial charge in [-0.05, 0) is 37.8 Å². The number of likely N-dealkylation sites (N-methyl/N-ethyl adjacent to an activating group) is 1. The first-order valence-corrected chi connectivity index (χ1v) is 9.39. The molecule has 0 bridgehead atoms. The summed E-state index contributed by atoms with van der Waals surface area (Å²) in [6.45, 7) is 1.80. The third kappa shape index (κ3) is 4.26. The van der Waals surface area contributed by atoms with Gasteiger partial charge in [0, 0.05) is 30.6 Å². The lowest BCUT2D eigenvalue weighted by molar-refractivity contribution is 0.246. The van der Waals surface area contributed by atoms with Crippen LogP contribution in [-0.2, 0) is 16.6 Å². The lowest BCUT2D eigenvalue weighted by Gasteiger charge is -2.34. The standard InChI is InChI=1S/C13H23N3O2S2/c1-14-11-12-5-2-3-9-16(12)20(17,18)15-8-7-13-6-4-10-19-13/h4,6,10,12,14-15H,2-3,5,7-9,11H2,1H3. The topological polar surface area (TPSA) is 61.4 Å². The Bertz CT molecular complexity index is 486. The van der Waals surface area contributed by atoms with Crippen molar-refractivity contribution in [3.63, 3.8) is 0 Å². The zero-order chi connectivity index (χ0) is 14.4. The van der Waals surface area contributed by atoms with Crippen molar-refractivity contribution in [3.05, 3.63) is 22.4 Å². The van der Waals surface area contributed by atoms with Crippen LogP contribution in [0.1, 0.15) is 24.1 Å². The summed E-state index contributed by atoms with van der Waals surface area (Å²) in [6.07, 6.45) is 3.74. The average molecular weight is 317 g/mol. The normalized spacial score (nSPS) is 21.1. The van der Waals surface area contributed by atoms with Gasteiger partial charge in [-0.15, -0.1) is 11.3 Å². The Hall–Kier alpha value is -0.470. The third-order valence-corrected chi connectivity index (χ3v) is 6.16. The Balaban J connectivity index is 1.90. The van der Waals surface area contributed by atoms with Crippen molar-refractivity contribution in [2.45, 2.75) is 31.7 Å². The number of thiophene rings is 1. The van der Waals surface area contributed by atoms with Crippen LogP contribution in [0.15, 0.2) is 17.5 Å². The Morgan fingerprint density at radius 3 is 3.00 bits per heavy atom. The van der Waals surface area contributed by atoms with Gasteiger partial charge in [0.2, 0.25) is 0 Å². The van der Waals surface area contributed by atoms with E-state index in [1.165, 1.54) is 4.88 Å². The minimum atomic E-state index is -3.36.